The molecule has 2 aliphatic rings. The van der Waals surface area contributed by atoms with Gasteiger partial charge in [0.05, 0.1) is 24.7 Å². The largest absolute Gasteiger partial charge is 0.497 e. The maximum Gasteiger partial charge on any atom is 0.244 e. The van der Waals surface area contributed by atoms with Crippen molar-refractivity contribution in [2.24, 2.45) is 4.99 Å². The van der Waals surface area contributed by atoms with Gasteiger partial charge in [0.2, 0.25) is 5.91 Å². The van der Waals surface area contributed by atoms with Gasteiger partial charge in [-0.1, -0.05) is 23.9 Å². The van der Waals surface area contributed by atoms with Crippen molar-refractivity contribution in [1.29, 1.82) is 0 Å². The number of amidine groups is 1. The van der Waals surface area contributed by atoms with Crippen LogP contribution in [0.2, 0.25) is 0 Å². The minimum Gasteiger partial charge on any atom is -0.497 e. The SMILES string of the molecule is COc1ccc(N(CC(=O)Nc2cccc(C)c2)C2=N[C@@H]3CS(=O)(=O)C[C@H]3S2)cc1. The number of hydrogen-bond acceptors (Lipinski definition) is 7. The molecule has 2 aliphatic heterocycles. The fraction of sp³-hybridized carbons (Fsp3) is 0.333. The highest BCUT2D eigenvalue weighted by atomic mass is 32.2. The van der Waals surface area contributed by atoms with Crippen LogP contribution in [0.4, 0.5) is 11.4 Å². The summed E-state index contributed by atoms with van der Waals surface area (Å²) in [6.45, 7) is 2.04. The summed E-state index contributed by atoms with van der Waals surface area (Å²) in [5.41, 5.74) is 2.59. The Labute approximate surface area is 180 Å². The number of rotatable bonds is 5. The predicted molar refractivity (Wildman–Crippen MR) is 121 cm³/mol. The minimum atomic E-state index is -3.04. The highest BCUT2D eigenvalue weighted by molar-refractivity contribution is 8.15. The van der Waals surface area contributed by atoms with E-state index >= 15 is 0 Å². The maximum absolute atomic E-state index is 12.8. The highest BCUT2D eigenvalue weighted by Crippen LogP contribution is 2.37. The predicted octanol–water partition coefficient (Wildman–Crippen LogP) is 2.72. The van der Waals surface area contributed by atoms with Crippen LogP contribution in [-0.2, 0) is 14.6 Å². The fourth-order valence-corrected chi connectivity index (χ4v) is 7.35. The van der Waals surface area contributed by atoms with Gasteiger partial charge in [-0.25, -0.2) is 8.42 Å². The number of anilines is 2. The number of carbonyl (C=O) groups is 1. The molecule has 0 unspecified atom stereocenters. The zero-order valence-electron chi connectivity index (χ0n) is 16.7. The Bertz CT molecular complexity index is 1080. The second-order valence-electron chi connectivity index (χ2n) is 7.41. The average molecular weight is 446 g/mol. The van der Waals surface area contributed by atoms with E-state index in [9.17, 15) is 13.2 Å². The van der Waals surface area contributed by atoms with E-state index < -0.39 is 9.84 Å². The maximum atomic E-state index is 12.8. The van der Waals surface area contributed by atoms with Crippen LogP contribution >= 0.6 is 11.8 Å². The van der Waals surface area contributed by atoms with Crippen molar-refractivity contribution in [2.75, 3.05) is 35.4 Å². The Kier molecular flexibility index (Phi) is 5.75. The van der Waals surface area contributed by atoms with Gasteiger partial charge in [-0.2, -0.15) is 0 Å². The summed E-state index contributed by atoms with van der Waals surface area (Å²) >= 11 is 1.43. The van der Waals surface area contributed by atoms with Crippen molar-refractivity contribution in [2.45, 2.75) is 18.2 Å². The number of sulfone groups is 1. The number of fused-ring (bicyclic) bond motifs is 1. The van der Waals surface area contributed by atoms with Gasteiger partial charge in [0.25, 0.3) is 0 Å². The van der Waals surface area contributed by atoms with Crippen molar-refractivity contribution in [1.82, 2.24) is 0 Å². The molecule has 2 aromatic carbocycles. The number of hydrogen-bond donors (Lipinski definition) is 1. The molecule has 4 rings (SSSR count). The number of benzene rings is 2. The van der Waals surface area contributed by atoms with Crippen LogP contribution in [0.25, 0.3) is 0 Å². The van der Waals surface area contributed by atoms with Crippen molar-refractivity contribution < 1.29 is 17.9 Å². The monoisotopic (exact) mass is 445 g/mol. The molecule has 2 atom stereocenters. The zero-order chi connectivity index (χ0) is 21.3. The number of nitrogens with zero attached hydrogens (tertiary/aromatic N) is 2. The van der Waals surface area contributed by atoms with Crippen LogP contribution in [-0.4, -0.2) is 55.9 Å². The van der Waals surface area contributed by atoms with Gasteiger partial charge < -0.3 is 15.0 Å². The normalized spacial score (nSPS) is 21.6. The molecule has 1 fully saturated rings. The molecule has 9 heteroatoms. The fourth-order valence-electron chi connectivity index (χ4n) is 3.57. The van der Waals surface area contributed by atoms with Crippen LogP contribution in [0.1, 0.15) is 5.56 Å². The molecule has 2 aromatic rings. The molecule has 0 aromatic heterocycles. The average Bonchev–Trinajstić information content (AvgIpc) is 3.19. The number of aliphatic imine (C=N–C) groups is 1. The van der Waals surface area contributed by atoms with Crippen LogP contribution in [0, 0.1) is 6.92 Å². The van der Waals surface area contributed by atoms with Crippen LogP contribution in [0.15, 0.2) is 53.5 Å². The van der Waals surface area contributed by atoms with E-state index in [1.807, 2.05) is 60.4 Å². The third-order valence-electron chi connectivity index (χ3n) is 5.02. The molecule has 30 heavy (non-hydrogen) atoms. The number of ether oxygens (including phenoxy) is 1. The second-order valence-corrected chi connectivity index (χ2v) is 10.8. The summed E-state index contributed by atoms with van der Waals surface area (Å²) in [6, 6.07) is 14.8. The van der Waals surface area contributed by atoms with Gasteiger partial charge in [-0.05, 0) is 48.9 Å². The van der Waals surface area contributed by atoms with Gasteiger partial charge in [-0.15, -0.1) is 0 Å². The van der Waals surface area contributed by atoms with E-state index in [1.165, 1.54) is 11.8 Å². The molecule has 0 spiro atoms. The standard InChI is InChI=1S/C21H23N3O4S2/c1-14-4-3-5-15(10-14)22-20(25)11-24(16-6-8-17(28-2)9-7-16)21-23-18-12-30(26,27)13-19(18)29-21/h3-10,18-19H,11-13H2,1-2H3,(H,22,25)/t18-,19-/m1/s1. The molecule has 2 heterocycles. The lowest BCUT2D eigenvalue weighted by Gasteiger charge is -2.24. The van der Waals surface area contributed by atoms with E-state index in [-0.39, 0.29) is 35.2 Å². The quantitative estimate of drug-likeness (QED) is 0.761. The van der Waals surface area contributed by atoms with Gasteiger partial charge in [0, 0.05) is 16.6 Å². The Morgan fingerprint density at radius 2 is 2.00 bits per heavy atom. The number of methoxy groups -OCH3 is 1. The van der Waals surface area contributed by atoms with E-state index in [1.54, 1.807) is 7.11 Å². The third kappa shape index (κ3) is 4.62. The smallest absolute Gasteiger partial charge is 0.244 e. The summed E-state index contributed by atoms with van der Waals surface area (Å²) in [5, 5.41) is 3.51. The first kappa shape index (κ1) is 20.7. The van der Waals surface area contributed by atoms with E-state index in [0.29, 0.717) is 10.9 Å². The molecule has 0 saturated carbocycles. The molecule has 1 N–H and O–H groups in total. The topological polar surface area (TPSA) is 88.1 Å². The lowest BCUT2D eigenvalue weighted by atomic mass is 10.2. The zero-order valence-corrected chi connectivity index (χ0v) is 18.4. The summed E-state index contributed by atoms with van der Waals surface area (Å²) in [7, 11) is -1.44. The number of nitrogens with one attached hydrogen (secondary N) is 1. The number of aryl methyl sites for hydroxylation is 1. The first-order valence-corrected chi connectivity index (χ1v) is 12.3. The van der Waals surface area contributed by atoms with E-state index in [4.69, 9.17) is 4.74 Å². The molecule has 0 aliphatic carbocycles. The van der Waals surface area contributed by atoms with Gasteiger partial charge in [0.15, 0.2) is 15.0 Å². The van der Waals surface area contributed by atoms with Crippen molar-refractivity contribution >= 4 is 44.0 Å². The molecule has 7 nitrogen and oxygen atoms in total. The van der Waals surface area contributed by atoms with Gasteiger partial charge in [-0.3, -0.25) is 9.79 Å². The molecular weight excluding hydrogens is 422 g/mol. The Balaban J connectivity index is 1.57. The third-order valence-corrected chi connectivity index (χ3v) is 8.27. The molecule has 0 bridgehead atoms. The summed E-state index contributed by atoms with van der Waals surface area (Å²) < 4.78 is 29.0. The van der Waals surface area contributed by atoms with Crippen molar-refractivity contribution in [3.05, 3.63) is 54.1 Å². The Morgan fingerprint density at radius 1 is 1.23 bits per heavy atom. The lowest BCUT2D eigenvalue weighted by Crippen LogP contribution is -2.36. The van der Waals surface area contributed by atoms with Crippen molar-refractivity contribution in [3.63, 3.8) is 0 Å². The lowest BCUT2D eigenvalue weighted by molar-refractivity contribution is -0.114. The van der Waals surface area contributed by atoms with E-state index in [0.717, 1.165) is 16.9 Å². The van der Waals surface area contributed by atoms with Gasteiger partial charge in [0.1, 0.15) is 12.3 Å². The number of carbonyl (C=O) groups excluding carboxylic acids is 1. The molecule has 158 valence electrons. The van der Waals surface area contributed by atoms with Crippen LogP contribution in [0.3, 0.4) is 0 Å². The first-order chi connectivity index (χ1) is 14.3. The second kappa shape index (κ2) is 8.31. The summed E-state index contributed by atoms with van der Waals surface area (Å²) in [4.78, 5) is 19.3. The van der Waals surface area contributed by atoms with Crippen LogP contribution in [0.5, 0.6) is 5.75 Å². The minimum absolute atomic E-state index is 0.0678. The molecule has 1 saturated heterocycles. The number of thioether (sulfide) groups is 1. The summed E-state index contributed by atoms with van der Waals surface area (Å²) in [6.07, 6.45) is 0. The van der Waals surface area contributed by atoms with Crippen LogP contribution < -0.4 is 15.0 Å². The van der Waals surface area contributed by atoms with Crippen molar-refractivity contribution in [3.8, 4) is 5.75 Å². The Morgan fingerprint density at radius 3 is 2.67 bits per heavy atom. The molecule has 0 radical (unpaired) electrons. The first-order valence-electron chi connectivity index (χ1n) is 9.56. The van der Waals surface area contributed by atoms with Gasteiger partial charge >= 0.3 is 0 Å². The number of amides is 1. The highest BCUT2D eigenvalue weighted by Gasteiger charge is 2.44. The van der Waals surface area contributed by atoms with E-state index in [2.05, 4.69) is 10.3 Å². The Hall–Kier alpha value is -2.52. The molecular formula is C21H23N3O4S2. The summed E-state index contributed by atoms with van der Waals surface area (Å²) in [5.74, 6) is 0.734. The molecule has 1 amide bonds.